The second-order valence-electron chi connectivity index (χ2n) is 7.66. The normalized spacial score (nSPS) is 14.8. The maximum atomic E-state index is 12.5. The molecule has 168 valence electrons. The lowest BCUT2D eigenvalue weighted by atomic mass is 10.0. The molecule has 4 N–H and O–H groups in total. The molecule has 8 heteroatoms. The number of urea groups is 1. The van der Waals surface area contributed by atoms with Crippen LogP contribution >= 0.6 is 0 Å². The summed E-state index contributed by atoms with van der Waals surface area (Å²) in [6.07, 6.45) is 5.88. The van der Waals surface area contributed by atoms with Gasteiger partial charge in [-0.15, -0.1) is 0 Å². The van der Waals surface area contributed by atoms with Crippen molar-refractivity contribution in [2.45, 2.75) is 25.3 Å². The Morgan fingerprint density at radius 1 is 1.00 bits per heavy atom. The quantitative estimate of drug-likeness (QED) is 0.289. The average molecular weight is 437 g/mol. The Hall–Kier alpha value is -3.49. The maximum Gasteiger partial charge on any atom is 0.322 e. The molecular formula is C24H28N4O4. The van der Waals surface area contributed by atoms with Crippen molar-refractivity contribution in [1.82, 2.24) is 21.0 Å². The van der Waals surface area contributed by atoms with E-state index in [2.05, 4.69) is 15.5 Å². The highest BCUT2D eigenvalue weighted by Gasteiger charge is 2.19. The SMILES string of the molecule is O=C(C=Cc1ccc(C(CCN2CCCC2)NC(=O)NC(=O)c2ccccc2)cc1)NO. The summed E-state index contributed by atoms with van der Waals surface area (Å²) in [5.41, 5.74) is 3.64. The highest BCUT2D eigenvalue weighted by atomic mass is 16.5. The number of rotatable bonds is 8. The van der Waals surface area contributed by atoms with Crippen molar-refractivity contribution in [1.29, 1.82) is 0 Å². The fourth-order valence-corrected chi connectivity index (χ4v) is 3.65. The van der Waals surface area contributed by atoms with Gasteiger partial charge in [-0.2, -0.15) is 0 Å². The highest BCUT2D eigenvalue weighted by molar-refractivity contribution is 6.04. The number of hydrogen-bond donors (Lipinski definition) is 4. The molecule has 0 aromatic heterocycles. The number of carbonyl (C=O) groups excluding carboxylic acids is 3. The van der Waals surface area contributed by atoms with Crippen molar-refractivity contribution >= 4 is 23.9 Å². The molecule has 4 amide bonds. The van der Waals surface area contributed by atoms with Gasteiger partial charge in [0.25, 0.3) is 11.8 Å². The van der Waals surface area contributed by atoms with E-state index >= 15 is 0 Å². The monoisotopic (exact) mass is 436 g/mol. The largest absolute Gasteiger partial charge is 0.331 e. The third-order valence-corrected chi connectivity index (χ3v) is 5.38. The minimum Gasteiger partial charge on any atom is -0.331 e. The molecule has 2 aromatic rings. The maximum absolute atomic E-state index is 12.5. The number of likely N-dealkylation sites (tertiary alicyclic amines) is 1. The van der Waals surface area contributed by atoms with Crippen molar-refractivity contribution in [3.8, 4) is 0 Å². The van der Waals surface area contributed by atoms with Gasteiger partial charge in [0.2, 0.25) is 0 Å². The molecule has 8 nitrogen and oxygen atoms in total. The van der Waals surface area contributed by atoms with Gasteiger partial charge in [0.15, 0.2) is 0 Å². The summed E-state index contributed by atoms with van der Waals surface area (Å²) in [6.45, 7) is 2.96. The number of nitrogens with zero attached hydrogens (tertiary/aromatic N) is 1. The zero-order valence-electron chi connectivity index (χ0n) is 17.8. The Morgan fingerprint density at radius 3 is 2.34 bits per heavy atom. The lowest BCUT2D eigenvalue weighted by Crippen LogP contribution is -2.42. The fourth-order valence-electron chi connectivity index (χ4n) is 3.65. The smallest absolute Gasteiger partial charge is 0.322 e. The van der Waals surface area contributed by atoms with Gasteiger partial charge in [-0.3, -0.25) is 20.1 Å². The second kappa shape index (κ2) is 11.8. The number of imide groups is 1. The summed E-state index contributed by atoms with van der Waals surface area (Å²) < 4.78 is 0. The van der Waals surface area contributed by atoms with Crippen LogP contribution in [0.2, 0.25) is 0 Å². The predicted octanol–water partition coefficient (Wildman–Crippen LogP) is 2.87. The van der Waals surface area contributed by atoms with E-state index in [4.69, 9.17) is 5.21 Å². The van der Waals surface area contributed by atoms with E-state index in [-0.39, 0.29) is 6.04 Å². The van der Waals surface area contributed by atoms with Gasteiger partial charge >= 0.3 is 6.03 Å². The summed E-state index contributed by atoms with van der Waals surface area (Å²) >= 11 is 0. The third-order valence-electron chi connectivity index (χ3n) is 5.38. The number of hydroxylamine groups is 1. The van der Waals surface area contributed by atoms with Crippen molar-refractivity contribution in [2.24, 2.45) is 0 Å². The Kier molecular flexibility index (Phi) is 8.53. The van der Waals surface area contributed by atoms with Crippen LogP contribution in [0.25, 0.3) is 6.08 Å². The van der Waals surface area contributed by atoms with Crippen LogP contribution < -0.4 is 16.1 Å². The molecule has 0 radical (unpaired) electrons. The first-order chi connectivity index (χ1) is 15.5. The van der Waals surface area contributed by atoms with Crippen molar-refractivity contribution in [3.63, 3.8) is 0 Å². The van der Waals surface area contributed by atoms with Gasteiger partial charge in [-0.25, -0.2) is 10.3 Å². The van der Waals surface area contributed by atoms with E-state index in [1.165, 1.54) is 18.9 Å². The van der Waals surface area contributed by atoms with Crippen LogP contribution in [0, 0.1) is 0 Å². The van der Waals surface area contributed by atoms with Crippen LogP contribution in [0.4, 0.5) is 4.79 Å². The Bertz CT molecular complexity index is 938. The molecule has 1 fully saturated rings. The third kappa shape index (κ3) is 7.04. The Morgan fingerprint density at radius 2 is 1.69 bits per heavy atom. The van der Waals surface area contributed by atoms with Crippen LogP contribution in [0.1, 0.15) is 46.8 Å². The first-order valence-electron chi connectivity index (χ1n) is 10.7. The van der Waals surface area contributed by atoms with Gasteiger partial charge in [0, 0.05) is 18.2 Å². The van der Waals surface area contributed by atoms with Crippen molar-refractivity contribution in [2.75, 3.05) is 19.6 Å². The van der Waals surface area contributed by atoms with Crippen molar-refractivity contribution in [3.05, 3.63) is 77.4 Å². The molecule has 0 bridgehead atoms. The molecule has 32 heavy (non-hydrogen) atoms. The molecule has 3 rings (SSSR count). The molecule has 0 saturated carbocycles. The summed E-state index contributed by atoms with van der Waals surface area (Å²) in [4.78, 5) is 38.4. The molecule has 1 heterocycles. The van der Waals surface area contributed by atoms with Gasteiger partial charge in [-0.1, -0.05) is 42.5 Å². The van der Waals surface area contributed by atoms with Gasteiger partial charge in [0.1, 0.15) is 0 Å². The summed E-state index contributed by atoms with van der Waals surface area (Å²) in [5, 5.41) is 13.9. The van der Waals surface area contributed by atoms with E-state index in [1.807, 2.05) is 24.3 Å². The molecular weight excluding hydrogens is 408 g/mol. The standard InChI is InChI=1S/C24H28N4O4/c29-22(27-32)13-10-18-8-11-19(12-9-18)21(14-17-28-15-4-5-16-28)25-24(31)26-23(30)20-6-2-1-3-7-20/h1-3,6-13,21,32H,4-5,14-17H2,(H,27,29)(H2,25,26,30,31). The number of carbonyl (C=O) groups is 3. The Balaban J connectivity index is 1.66. The minimum absolute atomic E-state index is 0.280. The lowest BCUT2D eigenvalue weighted by Gasteiger charge is -2.23. The Labute approximate surface area is 187 Å². The molecule has 1 aliphatic heterocycles. The number of amides is 4. The van der Waals surface area contributed by atoms with Gasteiger partial charge < -0.3 is 10.2 Å². The molecule has 0 aliphatic carbocycles. The molecule has 1 atom stereocenters. The van der Waals surface area contributed by atoms with E-state index < -0.39 is 17.8 Å². The zero-order chi connectivity index (χ0) is 22.8. The van der Waals surface area contributed by atoms with Crippen molar-refractivity contribution < 1.29 is 19.6 Å². The highest BCUT2D eigenvalue weighted by Crippen LogP contribution is 2.20. The molecule has 1 aliphatic rings. The van der Waals surface area contributed by atoms with Crippen LogP contribution in [0.15, 0.2) is 60.7 Å². The molecule has 1 saturated heterocycles. The van der Waals surface area contributed by atoms with Crippen LogP contribution in [-0.4, -0.2) is 47.6 Å². The first kappa shape index (κ1) is 23.2. The number of hydrogen-bond acceptors (Lipinski definition) is 5. The second-order valence-corrected chi connectivity index (χ2v) is 7.66. The summed E-state index contributed by atoms with van der Waals surface area (Å²) in [7, 11) is 0. The predicted molar refractivity (Wildman–Crippen MR) is 121 cm³/mol. The fraction of sp³-hybridized carbons (Fsp3) is 0.292. The summed E-state index contributed by atoms with van der Waals surface area (Å²) in [6, 6.07) is 15.2. The van der Waals surface area contributed by atoms with E-state index in [0.29, 0.717) is 12.0 Å². The first-order valence-corrected chi connectivity index (χ1v) is 10.7. The van der Waals surface area contributed by atoms with Gasteiger partial charge in [-0.05, 0) is 61.7 Å². The lowest BCUT2D eigenvalue weighted by molar-refractivity contribution is -0.124. The van der Waals surface area contributed by atoms with E-state index in [0.717, 1.165) is 30.8 Å². The van der Waals surface area contributed by atoms with Crippen LogP contribution in [0.3, 0.4) is 0 Å². The van der Waals surface area contributed by atoms with E-state index in [9.17, 15) is 14.4 Å². The molecule has 0 spiro atoms. The molecule has 2 aromatic carbocycles. The zero-order valence-corrected chi connectivity index (χ0v) is 17.8. The van der Waals surface area contributed by atoms with E-state index in [1.54, 1.807) is 41.9 Å². The average Bonchev–Trinajstić information content (AvgIpc) is 3.34. The molecule has 1 unspecified atom stereocenters. The number of nitrogens with one attached hydrogen (secondary N) is 3. The van der Waals surface area contributed by atoms with Gasteiger partial charge in [0.05, 0.1) is 6.04 Å². The number of benzene rings is 2. The topological polar surface area (TPSA) is 111 Å². The van der Waals surface area contributed by atoms with Crippen LogP contribution in [-0.2, 0) is 4.79 Å². The van der Waals surface area contributed by atoms with Crippen LogP contribution in [0.5, 0.6) is 0 Å². The summed E-state index contributed by atoms with van der Waals surface area (Å²) in [5.74, 6) is -1.07. The minimum atomic E-state index is -0.612.